The number of nitrogens with two attached hydrogens (primary N) is 1. The Morgan fingerprint density at radius 3 is 1.72 bits per heavy atom. The van der Waals surface area contributed by atoms with Crippen molar-refractivity contribution in [1.82, 2.24) is 0 Å². The summed E-state index contributed by atoms with van der Waals surface area (Å²) in [7, 11) is 0. The summed E-state index contributed by atoms with van der Waals surface area (Å²) in [5, 5.41) is 0. The quantitative estimate of drug-likeness (QED) is 0.0567. The second kappa shape index (κ2) is 23.8. The van der Waals surface area contributed by atoms with Gasteiger partial charge in [-0.25, -0.2) is 4.79 Å². The lowest BCUT2D eigenvalue weighted by atomic mass is 9.97. The van der Waals surface area contributed by atoms with Crippen molar-refractivity contribution in [3.63, 3.8) is 0 Å². The van der Waals surface area contributed by atoms with E-state index in [2.05, 4.69) is 6.58 Å². The second-order valence-corrected chi connectivity index (χ2v) is 15.4. The van der Waals surface area contributed by atoms with Gasteiger partial charge in [0, 0.05) is 12.5 Å². The van der Waals surface area contributed by atoms with Gasteiger partial charge < -0.3 is 53.1 Å². The molecule has 10 atom stereocenters. The Morgan fingerprint density at radius 1 is 0.672 bits per heavy atom. The molecule has 2 fully saturated rings. The second-order valence-electron chi connectivity index (χ2n) is 15.4. The molecule has 2 aliphatic heterocycles. The van der Waals surface area contributed by atoms with E-state index < -0.39 is 73.5 Å². The van der Waals surface area contributed by atoms with Crippen LogP contribution in [0.2, 0.25) is 0 Å². The molecule has 2 N–H and O–H groups in total. The van der Waals surface area contributed by atoms with Crippen LogP contribution in [0, 0.1) is 0 Å². The highest BCUT2D eigenvalue weighted by Crippen LogP contribution is 2.36. The molecule has 0 saturated carbocycles. The highest BCUT2D eigenvalue weighted by Gasteiger charge is 2.52. The summed E-state index contributed by atoms with van der Waals surface area (Å²) in [6.07, 6.45) is -9.62. The number of ether oxygens (including phenoxy) is 10. The zero-order chi connectivity index (χ0) is 44.5. The van der Waals surface area contributed by atoms with Gasteiger partial charge in [-0.3, -0.25) is 4.79 Å². The van der Waals surface area contributed by atoms with Gasteiger partial charge in [0.15, 0.2) is 24.8 Å². The fourth-order valence-electron chi connectivity index (χ4n) is 7.67. The first kappa shape index (κ1) is 46.3. The van der Waals surface area contributed by atoms with Crippen molar-refractivity contribution in [2.45, 2.75) is 94.8 Å². The number of carbonyl (C=O) groups excluding carboxylic acids is 2. The fraction of sp³-hybridized carbons (Fsp3) is 0.333. The third kappa shape index (κ3) is 13.2. The summed E-state index contributed by atoms with van der Waals surface area (Å²) in [6, 6.07) is 47.8. The van der Waals surface area contributed by atoms with Crippen LogP contribution in [0.5, 0.6) is 0 Å². The molecule has 0 radical (unpaired) electrons. The number of hydrogen-bond donors (Lipinski definition) is 1. The average molecular weight is 874 g/mol. The third-order valence-electron chi connectivity index (χ3n) is 10.7. The van der Waals surface area contributed by atoms with Crippen LogP contribution in [0.15, 0.2) is 164 Å². The lowest BCUT2D eigenvalue weighted by Gasteiger charge is -2.47. The van der Waals surface area contributed by atoms with E-state index in [0.717, 1.165) is 27.8 Å². The molecule has 0 spiro atoms. The predicted octanol–water partition coefficient (Wildman–Crippen LogP) is 7.77. The Morgan fingerprint density at radius 2 is 1.19 bits per heavy atom. The van der Waals surface area contributed by atoms with Gasteiger partial charge in [0.05, 0.1) is 39.6 Å². The molecule has 0 aromatic heterocycles. The first-order valence-corrected chi connectivity index (χ1v) is 21.3. The molecule has 13 nitrogen and oxygen atoms in total. The highest BCUT2D eigenvalue weighted by atomic mass is 16.7. The standard InChI is InChI=1S/C51H55NO12/c1-3-41(44(56-30-37-21-11-5-12-22-37)46-43(60-35(2)53)34-59-49(63-46)40-27-17-8-18-28-40)61-50-48(58-32-39-25-15-7-16-26-39)47(64-51(52)54)45(57-31-38-23-13-6-14-24-38)42(62-50)33-55-29-36-19-9-4-10-20-36/h3-28,41-50H,1,29-34H2,2H3,(H2,52,54)/t41-,42-,43+,44-,45-,46-,47+,48+,49-,50+/m1/s1. The molecule has 5 aromatic carbocycles. The number of rotatable bonds is 21. The molecule has 336 valence electrons. The molecule has 2 aliphatic rings. The predicted molar refractivity (Wildman–Crippen MR) is 235 cm³/mol. The van der Waals surface area contributed by atoms with E-state index in [9.17, 15) is 9.59 Å². The van der Waals surface area contributed by atoms with Crippen LogP contribution in [0.1, 0.15) is 41.0 Å². The van der Waals surface area contributed by atoms with Crippen LogP contribution in [0.4, 0.5) is 4.79 Å². The van der Waals surface area contributed by atoms with Gasteiger partial charge in [0.2, 0.25) is 0 Å². The molecule has 2 heterocycles. The molecule has 7 rings (SSSR count). The SMILES string of the molecule is C=C[C@@H](O[C@H]1O[C@H](COCc2ccccc2)[C@@H](OCc2ccccc2)[C@H](OC(N)=O)[C@@H]1OCc1ccccc1)[C@@H](OCc1ccccc1)[C@@H]1O[C@H](c2ccccc2)OC[C@@H]1OC(C)=O. The van der Waals surface area contributed by atoms with Crippen molar-refractivity contribution in [2.75, 3.05) is 13.2 Å². The average Bonchev–Trinajstić information content (AvgIpc) is 3.32. The van der Waals surface area contributed by atoms with E-state index in [-0.39, 0.29) is 39.6 Å². The largest absolute Gasteiger partial charge is 0.457 e. The van der Waals surface area contributed by atoms with E-state index in [1.165, 1.54) is 6.92 Å². The maximum atomic E-state index is 12.9. The van der Waals surface area contributed by atoms with Crippen molar-refractivity contribution in [3.05, 3.63) is 192 Å². The van der Waals surface area contributed by atoms with E-state index in [1.54, 1.807) is 6.08 Å². The molecular formula is C51H55NO12. The normalized spacial score (nSPS) is 24.2. The molecule has 0 bridgehead atoms. The van der Waals surface area contributed by atoms with Gasteiger partial charge >= 0.3 is 12.1 Å². The molecule has 13 heteroatoms. The van der Waals surface area contributed by atoms with E-state index >= 15 is 0 Å². The molecule has 1 amide bonds. The smallest absolute Gasteiger partial charge is 0.404 e. The summed E-state index contributed by atoms with van der Waals surface area (Å²) in [4.78, 5) is 25.4. The van der Waals surface area contributed by atoms with Crippen LogP contribution >= 0.6 is 0 Å². The molecule has 5 aromatic rings. The number of esters is 1. The Bertz CT molecular complexity index is 2150. The maximum Gasteiger partial charge on any atom is 0.404 e. The van der Waals surface area contributed by atoms with Gasteiger partial charge in [-0.1, -0.05) is 158 Å². The molecular weight excluding hydrogens is 819 g/mol. The zero-order valence-electron chi connectivity index (χ0n) is 35.7. The minimum atomic E-state index is -1.28. The van der Waals surface area contributed by atoms with Crippen molar-refractivity contribution >= 4 is 12.1 Å². The number of primary amides is 1. The minimum Gasteiger partial charge on any atom is -0.457 e. The van der Waals surface area contributed by atoms with Crippen LogP contribution in [0.25, 0.3) is 0 Å². The van der Waals surface area contributed by atoms with Crippen LogP contribution in [0.3, 0.4) is 0 Å². The summed E-state index contributed by atoms with van der Waals surface area (Å²) >= 11 is 0. The molecule has 0 unspecified atom stereocenters. The lowest BCUT2D eigenvalue weighted by Crippen LogP contribution is -2.63. The number of carbonyl (C=O) groups is 2. The minimum absolute atomic E-state index is 0.00128. The van der Waals surface area contributed by atoms with Crippen LogP contribution < -0.4 is 5.73 Å². The first-order valence-electron chi connectivity index (χ1n) is 21.3. The molecule has 0 aliphatic carbocycles. The Kier molecular flexibility index (Phi) is 17.2. The number of benzene rings is 5. The lowest BCUT2D eigenvalue weighted by molar-refractivity contribution is -0.340. The first-order chi connectivity index (χ1) is 31.3. The summed E-state index contributed by atoms with van der Waals surface area (Å²) in [6.45, 7) is 6.11. The Balaban J connectivity index is 1.25. The van der Waals surface area contributed by atoms with Crippen molar-refractivity contribution in [3.8, 4) is 0 Å². The Labute approximate surface area is 373 Å². The van der Waals surface area contributed by atoms with E-state index in [1.807, 2.05) is 152 Å². The Hall–Kier alpha value is -5.74. The topological polar surface area (TPSA) is 152 Å². The molecule has 2 saturated heterocycles. The number of hydrogen-bond acceptors (Lipinski definition) is 12. The maximum absolute atomic E-state index is 12.9. The van der Waals surface area contributed by atoms with Gasteiger partial charge in [0.25, 0.3) is 0 Å². The fourth-order valence-corrected chi connectivity index (χ4v) is 7.67. The van der Waals surface area contributed by atoms with E-state index in [0.29, 0.717) is 0 Å². The third-order valence-corrected chi connectivity index (χ3v) is 10.7. The molecule has 64 heavy (non-hydrogen) atoms. The van der Waals surface area contributed by atoms with Gasteiger partial charge in [-0.05, 0) is 22.3 Å². The van der Waals surface area contributed by atoms with Crippen LogP contribution in [-0.2, 0) is 78.6 Å². The summed E-state index contributed by atoms with van der Waals surface area (Å²) in [5.41, 5.74) is 10.1. The summed E-state index contributed by atoms with van der Waals surface area (Å²) < 4.78 is 64.7. The van der Waals surface area contributed by atoms with Crippen molar-refractivity contribution in [1.29, 1.82) is 0 Å². The van der Waals surface area contributed by atoms with Gasteiger partial charge in [0.1, 0.15) is 36.6 Å². The zero-order valence-corrected chi connectivity index (χ0v) is 35.7. The van der Waals surface area contributed by atoms with Gasteiger partial charge in [-0.2, -0.15) is 0 Å². The van der Waals surface area contributed by atoms with Crippen LogP contribution in [-0.4, -0.2) is 80.4 Å². The highest BCUT2D eigenvalue weighted by molar-refractivity contribution is 5.66. The van der Waals surface area contributed by atoms with Crippen molar-refractivity contribution in [2.24, 2.45) is 5.73 Å². The monoisotopic (exact) mass is 873 g/mol. The number of amides is 1. The summed E-state index contributed by atoms with van der Waals surface area (Å²) in [5.74, 6) is -0.533. The van der Waals surface area contributed by atoms with E-state index in [4.69, 9.17) is 53.1 Å². The van der Waals surface area contributed by atoms with Gasteiger partial charge in [-0.15, -0.1) is 6.58 Å². The van der Waals surface area contributed by atoms with Crippen molar-refractivity contribution < 1.29 is 57.0 Å².